The molecule has 45 heavy (non-hydrogen) atoms. The molecule has 1 aliphatic rings. The Hall–Kier alpha value is -4.48. The summed E-state index contributed by atoms with van der Waals surface area (Å²) in [6.07, 6.45) is -0.726. The van der Waals surface area contributed by atoms with Crippen LogP contribution in [-0.4, -0.2) is 85.3 Å². The van der Waals surface area contributed by atoms with E-state index in [0.717, 1.165) is 23.9 Å². The van der Waals surface area contributed by atoms with Crippen LogP contribution in [0.5, 0.6) is 0 Å². The number of halogens is 3. The molecule has 3 aromatic rings. The zero-order valence-electron chi connectivity index (χ0n) is 23.9. The predicted octanol–water partition coefficient (Wildman–Crippen LogP) is 5.09. The van der Waals surface area contributed by atoms with E-state index in [1.54, 1.807) is 19.1 Å². The highest BCUT2D eigenvalue weighted by molar-refractivity contribution is 7.99. The van der Waals surface area contributed by atoms with E-state index in [-0.39, 0.29) is 35.4 Å². The zero-order chi connectivity index (χ0) is 32.8. The van der Waals surface area contributed by atoms with Crippen molar-refractivity contribution in [1.82, 2.24) is 19.4 Å². The van der Waals surface area contributed by atoms with Crippen molar-refractivity contribution in [3.8, 4) is 0 Å². The molecule has 0 saturated carbocycles. The number of rotatable bonds is 11. The number of benzene rings is 2. The summed E-state index contributed by atoms with van der Waals surface area (Å²) in [6.45, 7) is 3.00. The number of imidazole rings is 1. The van der Waals surface area contributed by atoms with Crippen LogP contribution in [0.1, 0.15) is 18.1 Å². The van der Waals surface area contributed by atoms with Gasteiger partial charge in [0.25, 0.3) is 10.8 Å². The first-order valence-electron chi connectivity index (χ1n) is 13.5. The number of aliphatic hydroxyl groups is 1. The number of alkyl halides is 3. The third kappa shape index (κ3) is 9.26. The molecule has 0 radical (unpaired) electrons. The van der Waals surface area contributed by atoms with Crippen molar-refractivity contribution in [3.63, 3.8) is 0 Å². The maximum atomic E-state index is 12.7. The minimum atomic E-state index is -4.42. The van der Waals surface area contributed by atoms with E-state index in [0.29, 0.717) is 31.7 Å². The van der Waals surface area contributed by atoms with Crippen LogP contribution in [0.25, 0.3) is 6.08 Å². The van der Waals surface area contributed by atoms with Crippen LogP contribution >= 0.6 is 11.8 Å². The fraction of sp³-hybridized carbons (Fsp3) is 0.357. The molecule has 1 amide bonds. The van der Waals surface area contributed by atoms with Gasteiger partial charge in [-0.25, -0.2) is 4.79 Å². The number of hydrogen-bond acceptors (Lipinski definition) is 10. The number of amides is 1. The second kappa shape index (κ2) is 14.1. The lowest BCUT2D eigenvalue weighted by atomic mass is 10.1. The quantitative estimate of drug-likeness (QED) is 0.219. The lowest BCUT2D eigenvalue weighted by Crippen LogP contribution is -2.53. The van der Waals surface area contributed by atoms with Crippen molar-refractivity contribution >= 4 is 35.4 Å². The van der Waals surface area contributed by atoms with Gasteiger partial charge < -0.3 is 24.9 Å². The van der Waals surface area contributed by atoms with Crippen LogP contribution in [0, 0.1) is 20.2 Å². The molecule has 4 rings (SSSR count). The number of para-hydroxylation sites is 1. The van der Waals surface area contributed by atoms with E-state index >= 15 is 0 Å². The van der Waals surface area contributed by atoms with Gasteiger partial charge in [0.2, 0.25) is 0 Å². The smallest absolute Gasteiger partial charge is 0.416 e. The molecule has 0 spiro atoms. The summed E-state index contributed by atoms with van der Waals surface area (Å²) in [5.74, 6) is -0.465. The third-order valence-corrected chi connectivity index (χ3v) is 7.81. The van der Waals surface area contributed by atoms with E-state index in [2.05, 4.69) is 4.98 Å². The van der Waals surface area contributed by atoms with Gasteiger partial charge in [0, 0.05) is 38.8 Å². The van der Waals surface area contributed by atoms with Gasteiger partial charge in [-0.05, 0) is 58.4 Å². The molecule has 0 aliphatic carbocycles. The van der Waals surface area contributed by atoms with Gasteiger partial charge in [0.05, 0.1) is 27.5 Å². The Balaban J connectivity index is 1.28. The average molecular weight is 651 g/mol. The van der Waals surface area contributed by atoms with Crippen molar-refractivity contribution in [1.29, 1.82) is 0 Å². The largest absolute Gasteiger partial charge is 0.445 e. The number of aromatic nitrogens is 2. The maximum Gasteiger partial charge on any atom is 0.416 e. The summed E-state index contributed by atoms with van der Waals surface area (Å²) in [7, 11) is 0. The van der Waals surface area contributed by atoms with Crippen LogP contribution in [0.15, 0.2) is 70.9 Å². The van der Waals surface area contributed by atoms with Crippen LogP contribution in [0.4, 0.5) is 29.5 Å². The van der Waals surface area contributed by atoms with Crippen LogP contribution < -0.4 is 0 Å². The number of piperazine rings is 1. The first-order chi connectivity index (χ1) is 21.2. The number of nitro groups is 2. The summed E-state index contributed by atoms with van der Waals surface area (Å²) in [4.78, 5) is 41.7. The standard InChI is InChI=1S/C28H29F3N6O7S/c1-27(39,19-35-17-24(37(42)43)32-25(35)45-23-7-3-2-6-22(23)36(40)41)18-33-12-14-34(15-13-33)26(38)44-16-4-5-20-8-10-21(11-9-20)28(29,30)31/h2-11,17,39H,12-16,18-19H2,1H3/t27-/m0/s1. The molecule has 1 N–H and O–H groups in total. The van der Waals surface area contributed by atoms with E-state index in [4.69, 9.17) is 4.74 Å². The molecule has 1 fully saturated rings. The highest BCUT2D eigenvalue weighted by atomic mass is 32.2. The number of carbonyl (C=O) groups is 1. The fourth-order valence-corrected chi connectivity index (χ4v) is 5.59. The average Bonchev–Trinajstić information content (AvgIpc) is 3.37. The molecule has 2 aromatic carbocycles. The van der Waals surface area contributed by atoms with Crippen molar-refractivity contribution in [2.24, 2.45) is 0 Å². The fourth-order valence-electron chi connectivity index (χ4n) is 4.63. The molecule has 1 aliphatic heterocycles. The van der Waals surface area contributed by atoms with Crippen LogP contribution in [0.2, 0.25) is 0 Å². The molecule has 240 valence electrons. The Morgan fingerprint density at radius 2 is 1.71 bits per heavy atom. The van der Waals surface area contributed by atoms with Gasteiger partial charge in [-0.1, -0.05) is 30.3 Å². The Morgan fingerprint density at radius 3 is 2.33 bits per heavy atom. The predicted molar refractivity (Wildman–Crippen MR) is 157 cm³/mol. The molecule has 0 unspecified atom stereocenters. The molecule has 13 nitrogen and oxygen atoms in total. The van der Waals surface area contributed by atoms with Crippen LogP contribution in [-0.2, 0) is 17.5 Å². The first-order valence-corrected chi connectivity index (χ1v) is 14.4. The lowest BCUT2D eigenvalue weighted by molar-refractivity contribution is -0.389. The van der Waals surface area contributed by atoms with Gasteiger partial charge in [-0.3, -0.25) is 19.6 Å². The normalized spacial score (nSPS) is 15.6. The Bertz CT molecular complexity index is 1550. The van der Waals surface area contributed by atoms with Crippen LogP contribution in [0.3, 0.4) is 0 Å². The van der Waals surface area contributed by atoms with Crippen molar-refractivity contribution < 1.29 is 37.7 Å². The molecule has 0 bridgehead atoms. The number of hydrogen-bond donors (Lipinski definition) is 1. The number of β-amino-alcohol motifs (C(OH)–C–C–N with tert-alkyl or cyclic N) is 1. The summed E-state index contributed by atoms with van der Waals surface area (Å²) in [5, 5.41) is 34.2. The number of carbonyl (C=O) groups excluding carboxylic acids is 1. The monoisotopic (exact) mass is 650 g/mol. The summed E-state index contributed by atoms with van der Waals surface area (Å²) in [5.41, 5.74) is -1.80. The van der Waals surface area contributed by atoms with Gasteiger partial charge >= 0.3 is 18.1 Å². The van der Waals surface area contributed by atoms with Crippen molar-refractivity contribution in [2.75, 3.05) is 39.3 Å². The molecule has 2 heterocycles. The summed E-state index contributed by atoms with van der Waals surface area (Å²) < 4.78 is 44.7. The maximum absolute atomic E-state index is 12.7. The summed E-state index contributed by atoms with van der Waals surface area (Å²) >= 11 is 0.883. The Morgan fingerprint density at radius 1 is 1.04 bits per heavy atom. The molecule has 1 aromatic heterocycles. The van der Waals surface area contributed by atoms with Crippen molar-refractivity contribution in [3.05, 3.63) is 92.2 Å². The minimum Gasteiger partial charge on any atom is -0.445 e. The van der Waals surface area contributed by atoms with Gasteiger partial charge in [-0.15, -0.1) is 0 Å². The van der Waals surface area contributed by atoms with E-state index in [1.165, 1.54) is 52.1 Å². The Labute approximate surface area is 259 Å². The lowest BCUT2D eigenvalue weighted by Gasteiger charge is -2.37. The Kier molecular flexibility index (Phi) is 10.5. The van der Waals surface area contributed by atoms with E-state index in [1.807, 2.05) is 4.90 Å². The van der Waals surface area contributed by atoms with Gasteiger partial charge in [0.15, 0.2) is 0 Å². The minimum absolute atomic E-state index is 0.0711. The second-order valence-electron chi connectivity index (χ2n) is 10.5. The molecular formula is C28H29F3N6O7S. The highest BCUT2D eigenvalue weighted by Gasteiger charge is 2.32. The molecular weight excluding hydrogens is 621 g/mol. The van der Waals surface area contributed by atoms with E-state index < -0.39 is 39.1 Å². The van der Waals surface area contributed by atoms with E-state index in [9.17, 15) is 43.3 Å². The highest BCUT2D eigenvalue weighted by Crippen LogP contribution is 2.35. The topological polar surface area (TPSA) is 157 Å². The first kappa shape index (κ1) is 33.4. The van der Waals surface area contributed by atoms with Gasteiger partial charge in [0.1, 0.15) is 12.8 Å². The second-order valence-corrected chi connectivity index (χ2v) is 11.5. The molecule has 1 atom stereocenters. The molecule has 1 saturated heterocycles. The van der Waals surface area contributed by atoms with Gasteiger partial charge in [-0.2, -0.15) is 13.2 Å². The molecule has 17 heteroatoms. The zero-order valence-corrected chi connectivity index (χ0v) is 24.7. The third-order valence-electron chi connectivity index (χ3n) is 6.73. The number of nitrogens with zero attached hydrogens (tertiary/aromatic N) is 6. The SMILES string of the molecule is C[C@](O)(CN1CCN(C(=O)OCC=Cc2ccc(C(F)(F)F)cc2)CC1)Cn1cc([N+](=O)[O-])nc1Sc1ccccc1[N+](=O)[O-]. The number of ether oxygens (including phenoxy) is 1. The summed E-state index contributed by atoms with van der Waals surface area (Å²) in [6, 6.07) is 10.5. The number of nitro benzene ring substituents is 1. The van der Waals surface area contributed by atoms with Crippen molar-refractivity contribution in [2.45, 2.75) is 35.3 Å².